The second kappa shape index (κ2) is 15.1. The van der Waals surface area contributed by atoms with Gasteiger partial charge in [0.15, 0.2) is 0 Å². The molecule has 44 heavy (non-hydrogen) atoms. The number of carbonyl (C=O) groups excluding carboxylic acids is 2. The number of nitrogens with zero attached hydrogens (tertiary/aromatic N) is 2. The molecule has 5 rings (SSSR count). The van der Waals surface area contributed by atoms with Crippen LogP contribution in [0, 0.1) is 0 Å². The average Bonchev–Trinajstić information content (AvgIpc) is 3.08. The van der Waals surface area contributed by atoms with Crippen molar-refractivity contribution in [2.75, 3.05) is 48.4 Å². The second-order valence-corrected chi connectivity index (χ2v) is 11.2. The molecule has 0 unspecified atom stereocenters. The lowest BCUT2D eigenvalue weighted by molar-refractivity contribution is 0.0950. The van der Waals surface area contributed by atoms with E-state index in [0.29, 0.717) is 23.4 Å². The Morgan fingerprint density at radius 3 is 2.11 bits per heavy atom. The quantitative estimate of drug-likeness (QED) is 0.175. The van der Waals surface area contributed by atoms with Crippen molar-refractivity contribution in [2.24, 2.45) is 0 Å². The van der Waals surface area contributed by atoms with Gasteiger partial charge in [-0.3, -0.25) is 9.59 Å². The van der Waals surface area contributed by atoms with Crippen LogP contribution in [-0.2, 0) is 13.0 Å². The van der Waals surface area contributed by atoms with Crippen LogP contribution in [0.3, 0.4) is 0 Å². The molecule has 0 bridgehead atoms. The number of amides is 2. The van der Waals surface area contributed by atoms with Gasteiger partial charge in [-0.2, -0.15) is 0 Å². The molecule has 1 aliphatic rings. The van der Waals surface area contributed by atoms with Crippen LogP contribution in [0.1, 0.15) is 58.0 Å². The minimum absolute atomic E-state index is 0.177. The van der Waals surface area contributed by atoms with E-state index in [4.69, 9.17) is 4.74 Å². The molecule has 0 radical (unpaired) electrons. The lowest BCUT2D eigenvalue weighted by Gasteiger charge is -2.38. The number of hydrogen-bond donors (Lipinski definition) is 2. The van der Waals surface area contributed by atoms with Gasteiger partial charge < -0.3 is 25.2 Å². The summed E-state index contributed by atoms with van der Waals surface area (Å²) in [4.78, 5) is 31.3. The molecular formula is C37H42N4O3. The van der Waals surface area contributed by atoms with Gasteiger partial charge in [0.25, 0.3) is 11.8 Å². The first-order valence-corrected chi connectivity index (χ1v) is 15.5. The highest BCUT2D eigenvalue weighted by Crippen LogP contribution is 2.31. The smallest absolute Gasteiger partial charge is 0.255 e. The van der Waals surface area contributed by atoms with Gasteiger partial charge in [-0.25, -0.2) is 0 Å². The number of unbranched alkanes of at least 4 members (excludes halogenated alkanes) is 2. The highest BCUT2D eigenvalue weighted by molar-refractivity contribution is 6.06. The molecule has 0 aromatic heterocycles. The summed E-state index contributed by atoms with van der Waals surface area (Å²) in [5.41, 5.74) is 5.90. The molecule has 228 valence electrons. The van der Waals surface area contributed by atoms with Crippen molar-refractivity contribution in [1.29, 1.82) is 0 Å². The fourth-order valence-electron chi connectivity index (χ4n) is 5.63. The summed E-state index contributed by atoms with van der Waals surface area (Å²) in [7, 11) is 1.69. The van der Waals surface area contributed by atoms with Gasteiger partial charge >= 0.3 is 0 Å². The van der Waals surface area contributed by atoms with Gasteiger partial charge in [0.2, 0.25) is 0 Å². The number of methoxy groups -OCH3 is 1. The van der Waals surface area contributed by atoms with E-state index in [1.54, 1.807) is 13.2 Å². The van der Waals surface area contributed by atoms with E-state index in [2.05, 4.69) is 33.4 Å². The maximum absolute atomic E-state index is 13.6. The van der Waals surface area contributed by atoms with E-state index in [1.165, 1.54) is 18.4 Å². The van der Waals surface area contributed by atoms with Gasteiger partial charge in [0, 0.05) is 49.7 Å². The Morgan fingerprint density at radius 1 is 0.727 bits per heavy atom. The number of hydrogen-bond acceptors (Lipinski definition) is 5. The number of aryl methyl sites for hydroxylation is 1. The van der Waals surface area contributed by atoms with Gasteiger partial charge in [0.1, 0.15) is 5.75 Å². The second-order valence-electron chi connectivity index (χ2n) is 11.2. The average molecular weight is 591 g/mol. The van der Waals surface area contributed by atoms with E-state index in [0.717, 1.165) is 61.7 Å². The predicted octanol–water partition coefficient (Wildman–Crippen LogP) is 6.94. The Balaban J connectivity index is 1.32. The van der Waals surface area contributed by atoms with Crippen LogP contribution in [0.2, 0.25) is 0 Å². The third-order valence-corrected chi connectivity index (χ3v) is 8.13. The van der Waals surface area contributed by atoms with E-state index < -0.39 is 0 Å². The molecule has 1 aliphatic heterocycles. The van der Waals surface area contributed by atoms with Crippen LogP contribution in [0.25, 0.3) is 0 Å². The number of benzene rings is 4. The van der Waals surface area contributed by atoms with Crippen LogP contribution in [0.15, 0.2) is 97.1 Å². The van der Waals surface area contributed by atoms with Gasteiger partial charge in [-0.05, 0) is 66.4 Å². The number of ether oxygens (including phenoxy) is 1. The summed E-state index contributed by atoms with van der Waals surface area (Å²) in [6.45, 7) is 5.68. The molecule has 0 aliphatic carbocycles. The van der Waals surface area contributed by atoms with Crippen molar-refractivity contribution in [1.82, 2.24) is 5.32 Å². The largest absolute Gasteiger partial charge is 0.495 e. The van der Waals surface area contributed by atoms with Crippen LogP contribution in [-0.4, -0.2) is 45.1 Å². The summed E-state index contributed by atoms with van der Waals surface area (Å²) < 4.78 is 5.58. The molecular weight excluding hydrogens is 548 g/mol. The van der Waals surface area contributed by atoms with Crippen molar-refractivity contribution in [3.8, 4) is 5.75 Å². The Hall–Kier alpha value is -4.78. The highest BCUT2D eigenvalue weighted by Gasteiger charge is 2.24. The van der Waals surface area contributed by atoms with Crippen LogP contribution in [0.4, 0.5) is 17.1 Å². The van der Waals surface area contributed by atoms with Crippen molar-refractivity contribution < 1.29 is 14.3 Å². The van der Waals surface area contributed by atoms with Gasteiger partial charge in [0.05, 0.1) is 18.4 Å². The molecule has 1 saturated heterocycles. The van der Waals surface area contributed by atoms with E-state index in [-0.39, 0.29) is 11.8 Å². The summed E-state index contributed by atoms with van der Waals surface area (Å²) in [5, 5.41) is 6.09. The summed E-state index contributed by atoms with van der Waals surface area (Å²) in [6.07, 6.45) is 4.56. The SMILES string of the molecule is CCCCCc1ccc(C(=O)Nc2ccc(N3CCN(c4ccccc4OC)CC3)c(C(=O)NCc3ccccc3)c2)cc1. The maximum Gasteiger partial charge on any atom is 0.255 e. The fraction of sp³-hybridized carbons (Fsp3) is 0.297. The maximum atomic E-state index is 13.6. The van der Waals surface area contributed by atoms with E-state index in [9.17, 15) is 9.59 Å². The highest BCUT2D eigenvalue weighted by atomic mass is 16.5. The third-order valence-electron chi connectivity index (χ3n) is 8.13. The number of para-hydroxylation sites is 2. The summed E-state index contributed by atoms with van der Waals surface area (Å²) >= 11 is 0. The Morgan fingerprint density at radius 2 is 1.41 bits per heavy atom. The standard InChI is InChI=1S/C37H42N4O3/c1-3-4-6-11-28-16-18-30(19-17-28)36(42)39-31-20-21-33(32(26-31)37(43)38-27-29-12-7-5-8-13-29)40-22-24-41(25-23-40)34-14-9-10-15-35(34)44-2/h5,7-10,12-21,26H,3-4,6,11,22-25,27H2,1-2H3,(H,38,43)(H,39,42). The number of anilines is 3. The lowest BCUT2D eigenvalue weighted by Crippen LogP contribution is -2.47. The van der Waals surface area contributed by atoms with E-state index in [1.807, 2.05) is 84.9 Å². The minimum Gasteiger partial charge on any atom is -0.495 e. The van der Waals surface area contributed by atoms with E-state index >= 15 is 0 Å². The van der Waals surface area contributed by atoms with Crippen molar-refractivity contribution in [2.45, 2.75) is 39.2 Å². The van der Waals surface area contributed by atoms with Gasteiger partial charge in [-0.1, -0.05) is 74.4 Å². The molecule has 4 aromatic rings. The first kappa shape index (κ1) is 30.7. The molecule has 0 atom stereocenters. The Labute approximate surface area is 260 Å². The molecule has 7 heteroatoms. The number of rotatable bonds is 12. The molecule has 7 nitrogen and oxygen atoms in total. The monoisotopic (exact) mass is 590 g/mol. The first-order chi connectivity index (χ1) is 21.6. The van der Waals surface area contributed by atoms with Crippen molar-refractivity contribution in [3.05, 3.63) is 119 Å². The molecule has 4 aromatic carbocycles. The molecule has 1 fully saturated rings. The number of nitrogens with one attached hydrogen (secondary N) is 2. The van der Waals surface area contributed by atoms with Crippen LogP contribution < -0.4 is 25.2 Å². The lowest BCUT2D eigenvalue weighted by atomic mass is 10.0. The molecule has 0 spiro atoms. The Kier molecular flexibility index (Phi) is 10.5. The number of carbonyl (C=O) groups is 2. The third kappa shape index (κ3) is 7.78. The topological polar surface area (TPSA) is 73.9 Å². The number of piperazine rings is 1. The van der Waals surface area contributed by atoms with Gasteiger partial charge in [-0.15, -0.1) is 0 Å². The Bertz CT molecular complexity index is 1530. The zero-order valence-corrected chi connectivity index (χ0v) is 25.7. The van der Waals surface area contributed by atoms with Crippen molar-refractivity contribution in [3.63, 3.8) is 0 Å². The molecule has 2 N–H and O–H groups in total. The van der Waals surface area contributed by atoms with Crippen LogP contribution >= 0.6 is 0 Å². The summed E-state index contributed by atoms with van der Waals surface area (Å²) in [5.74, 6) is 0.482. The summed E-state index contributed by atoms with van der Waals surface area (Å²) in [6, 6.07) is 31.3. The minimum atomic E-state index is -0.195. The van der Waals surface area contributed by atoms with Crippen LogP contribution in [0.5, 0.6) is 5.75 Å². The predicted molar refractivity (Wildman–Crippen MR) is 179 cm³/mol. The zero-order chi connectivity index (χ0) is 30.7. The first-order valence-electron chi connectivity index (χ1n) is 15.5. The molecule has 2 amide bonds. The fourth-order valence-corrected chi connectivity index (χ4v) is 5.63. The van der Waals surface area contributed by atoms with Crippen molar-refractivity contribution >= 4 is 28.9 Å². The zero-order valence-electron chi connectivity index (χ0n) is 25.7. The molecule has 0 saturated carbocycles. The molecule has 1 heterocycles. The normalized spacial score (nSPS) is 13.0.